The summed E-state index contributed by atoms with van der Waals surface area (Å²) < 4.78 is 16.7. The van der Waals surface area contributed by atoms with E-state index >= 15 is 0 Å². The Bertz CT molecular complexity index is 1560. The number of benzene rings is 4. The third-order valence-electron chi connectivity index (χ3n) is 7.48. The quantitative estimate of drug-likeness (QED) is 0.175. The minimum atomic E-state index is -0.530. The van der Waals surface area contributed by atoms with Gasteiger partial charge in [0.2, 0.25) is 11.8 Å². The van der Waals surface area contributed by atoms with Gasteiger partial charge < -0.3 is 25.3 Å². The second kappa shape index (κ2) is 14.8. The second-order valence-corrected chi connectivity index (χ2v) is 11.7. The maximum Gasteiger partial charge on any atom is 0.248 e. The van der Waals surface area contributed by atoms with Crippen LogP contribution in [-0.2, 0) is 17.8 Å². The molecule has 3 N–H and O–H groups in total. The number of rotatable bonds is 14. The van der Waals surface area contributed by atoms with Gasteiger partial charge in [-0.1, -0.05) is 54.6 Å². The van der Waals surface area contributed by atoms with Gasteiger partial charge in [-0.2, -0.15) is 0 Å². The van der Waals surface area contributed by atoms with Gasteiger partial charge in [0, 0.05) is 11.3 Å². The van der Waals surface area contributed by atoms with Crippen molar-refractivity contribution in [3.05, 3.63) is 119 Å². The lowest BCUT2D eigenvalue weighted by atomic mass is 10.1. The zero-order chi connectivity index (χ0) is 30.9. The molecular formula is C35H37N3O5S. The van der Waals surface area contributed by atoms with Crippen LogP contribution in [0, 0.1) is 0 Å². The largest absolute Gasteiger partial charge is 0.493 e. The number of methoxy groups -OCH3 is 2. The summed E-state index contributed by atoms with van der Waals surface area (Å²) in [7, 11) is 3.25. The Morgan fingerprint density at radius 2 is 1.64 bits per heavy atom. The Morgan fingerprint density at radius 3 is 2.36 bits per heavy atom. The Labute approximate surface area is 262 Å². The number of ether oxygens (including phenoxy) is 3. The summed E-state index contributed by atoms with van der Waals surface area (Å²) in [6.07, 6.45) is 1.48. The molecule has 1 fully saturated rings. The summed E-state index contributed by atoms with van der Waals surface area (Å²) in [6.45, 7) is 1.92. The maximum atomic E-state index is 13.8. The Kier molecular flexibility index (Phi) is 10.4. The van der Waals surface area contributed by atoms with Crippen LogP contribution in [0.1, 0.15) is 38.8 Å². The molecule has 0 aliphatic carbocycles. The highest BCUT2D eigenvalue weighted by atomic mass is 32.2. The summed E-state index contributed by atoms with van der Waals surface area (Å²) in [6, 6.07) is 30.8. The lowest BCUT2D eigenvalue weighted by Gasteiger charge is -2.25. The molecule has 9 heteroatoms. The number of thioether (sulfide) groups is 1. The smallest absolute Gasteiger partial charge is 0.248 e. The first kappa shape index (κ1) is 31.0. The van der Waals surface area contributed by atoms with Gasteiger partial charge in [-0.15, -0.1) is 11.8 Å². The zero-order valence-electron chi connectivity index (χ0n) is 24.9. The summed E-state index contributed by atoms with van der Waals surface area (Å²) in [5, 5.41) is 2.97. The molecule has 228 valence electrons. The number of hydrogen-bond donors (Lipinski definition) is 2. The van der Waals surface area contributed by atoms with Crippen LogP contribution in [-0.4, -0.2) is 44.4 Å². The van der Waals surface area contributed by atoms with Crippen LogP contribution in [0.5, 0.6) is 17.2 Å². The summed E-state index contributed by atoms with van der Waals surface area (Å²) in [4.78, 5) is 27.5. The molecular weight excluding hydrogens is 574 g/mol. The van der Waals surface area contributed by atoms with E-state index in [0.717, 1.165) is 35.4 Å². The topological polar surface area (TPSA) is 103 Å². The van der Waals surface area contributed by atoms with E-state index in [0.29, 0.717) is 42.3 Å². The molecule has 0 aromatic heterocycles. The van der Waals surface area contributed by atoms with E-state index in [2.05, 4.69) is 5.32 Å². The number of nitrogens with two attached hydrogens (primary N) is 1. The first-order chi connectivity index (χ1) is 21.5. The Hall–Kier alpha value is -4.47. The van der Waals surface area contributed by atoms with Gasteiger partial charge in [-0.25, -0.2) is 0 Å². The molecule has 44 heavy (non-hydrogen) atoms. The van der Waals surface area contributed by atoms with Crippen LogP contribution < -0.4 is 30.2 Å². The van der Waals surface area contributed by atoms with Crippen molar-refractivity contribution in [1.82, 2.24) is 5.32 Å². The highest BCUT2D eigenvalue weighted by Gasteiger charge is 2.41. The van der Waals surface area contributed by atoms with Crippen molar-refractivity contribution in [3.8, 4) is 17.2 Å². The molecule has 1 saturated heterocycles. The minimum Gasteiger partial charge on any atom is -0.493 e. The predicted octanol–water partition coefficient (Wildman–Crippen LogP) is 5.75. The monoisotopic (exact) mass is 611 g/mol. The van der Waals surface area contributed by atoms with E-state index < -0.39 is 5.91 Å². The van der Waals surface area contributed by atoms with E-state index in [-0.39, 0.29) is 16.5 Å². The van der Waals surface area contributed by atoms with Crippen molar-refractivity contribution in [2.45, 2.75) is 30.1 Å². The lowest BCUT2D eigenvalue weighted by molar-refractivity contribution is -0.117. The van der Waals surface area contributed by atoms with E-state index in [4.69, 9.17) is 19.9 Å². The predicted molar refractivity (Wildman–Crippen MR) is 175 cm³/mol. The van der Waals surface area contributed by atoms with Crippen LogP contribution in [0.2, 0.25) is 0 Å². The molecule has 0 radical (unpaired) electrons. The van der Waals surface area contributed by atoms with Gasteiger partial charge in [0.05, 0.1) is 19.5 Å². The summed E-state index contributed by atoms with van der Waals surface area (Å²) in [5.41, 5.74) is 9.78. The van der Waals surface area contributed by atoms with Crippen LogP contribution in [0.15, 0.2) is 97.1 Å². The molecule has 4 aromatic rings. The van der Waals surface area contributed by atoms with Crippen molar-refractivity contribution < 1.29 is 23.8 Å². The molecule has 1 aliphatic heterocycles. The van der Waals surface area contributed by atoms with Crippen LogP contribution in [0.3, 0.4) is 0 Å². The molecule has 2 amide bonds. The van der Waals surface area contributed by atoms with Gasteiger partial charge in [0.25, 0.3) is 0 Å². The number of nitrogens with zero attached hydrogens (tertiary/aromatic N) is 1. The molecule has 2 atom stereocenters. The standard InChI is InChI=1S/C35H37N3O5S/c1-41-30-16-11-24(21-31(30)42-2)17-19-37-20-18-32-34(40)38(28-10-6-9-27(22-28)33(36)39)35(44-32)26-12-14-29(15-13-26)43-23-25-7-4-3-5-8-25/h3-16,21-22,32,35,37H,17-20,23H2,1-2H3,(H2,36,39). The van der Waals surface area contributed by atoms with Crippen LogP contribution >= 0.6 is 11.8 Å². The zero-order valence-corrected chi connectivity index (χ0v) is 25.7. The molecule has 1 aliphatic rings. The van der Waals surface area contributed by atoms with Gasteiger partial charge in [-0.05, 0) is 85.1 Å². The summed E-state index contributed by atoms with van der Waals surface area (Å²) >= 11 is 1.62. The SMILES string of the molecule is COc1ccc(CCNCCC2SC(c3ccc(OCc4ccccc4)cc3)N(c3cccc(C(N)=O)c3)C2=O)cc1OC. The normalized spacial score (nSPS) is 16.1. The first-order valence-corrected chi connectivity index (χ1v) is 15.5. The molecule has 5 rings (SSSR count). The number of carbonyl (C=O) groups is 2. The molecule has 0 spiro atoms. The maximum absolute atomic E-state index is 13.8. The highest BCUT2D eigenvalue weighted by molar-refractivity contribution is 8.01. The molecule has 8 nitrogen and oxygen atoms in total. The third kappa shape index (κ3) is 7.53. The number of carbonyl (C=O) groups excluding carboxylic acids is 2. The van der Waals surface area contributed by atoms with Gasteiger partial charge >= 0.3 is 0 Å². The Balaban J connectivity index is 1.25. The number of amides is 2. The van der Waals surface area contributed by atoms with E-state index in [1.54, 1.807) is 49.1 Å². The molecule has 1 heterocycles. The number of primary amides is 1. The average Bonchev–Trinajstić information content (AvgIpc) is 3.39. The summed E-state index contributed by atoms with van der Waals surface area (Å²) in [5.74, 6) is 1.64. The highest BCUT2D eigenvalue weighted by Crippen LogP contribution is 2.47. The minimum absolute atomic E-state index is 0.00714. The third-order valence-corrected chi connectivity index (χ3v) is 8.99. The first-order valence-electron chi connectivity index (χ1n) is 14.5. The fraction of sp³-hybridized carbons (Fsp3) is 0.257. The second-order valence-electron chi connectivity index (χ2n) is 10.4. The van der Waals surface area contributed by atoms with Gasteiger partial charge in [0.15, 0.2) is 11.5 Å². The Morgan fingerprint density at radius 1 is 0.864 bits per heavy atom. The number of nitrogens with one attached hydrogen (secondary N) is 1. The number of anilines is 1. The molecule has 0 bridgehead atoms. The van der Waals surface area contributed by atoms with Crippen molar-refractivity contribution in [1.29, 1.82) is 0 Å². The number of hydrogen-bond acceptors (Lipinski definition) is 7. The average molecular weight is 612 g/mol. The molecule has 2 unspecified atom stereocenters. The van der Waals surface area contributed by atoms with Crippen molar-refractivity contribution in [3.63, 3.8) is 0 Å². The van der Waals surface area contributed by atoms with Crippen LogP contribution in [0.25, 0.3) is 0 Å². The van der Waals surface area contributed by atoms with E-state index in [1.807, 2.05) is 78.9 Å². The fourth-order valence-corrected chi connectivity index (χ4v) is 6.59. The van der Waals surface area contributed by atoms with Crippen molar-refractivity contribution in [2.24, 2.45) is 5.73 Å². The van der Waals surface area contributed by atoms with Crippen LogP contribution in [0.4, 0.5) is 5.69 Å². The molecule has 4 aromatic carbocycles. The molecule has 0 saturated carbocycles. The van der Waals surface area contributed by atoms with E-state index in [1.165, 1.54) is 0 Å². The van der Waals surface area contributed by atoms with E-state index in [9.17, 15) is 9.59 Å². The van der Waals surface area contributed by atoms with Crippen molar-refractivity contribution in [2.75, 3.05) is 32.2 Å². The fourth-order valence-electron chi connectivity index (χ4n) is 5.13. The van der Waals surface area contributed by atoms with Gasteiger partial charge in [-0.3, -0.25) is 14.5 Å². The van der Waals surface area contributed by atoms with Gasteiger partial charge in [0.1, 0.15) is 17.7 Å². The van der Waals surface area contributed by atoms with Crippen molar-refractivity contribution >= 4 is 29.3 Å². The lowest BCUT2D eigenvalue weighted by Crippen LogP contribution is -2.32.